The Hall–Kier alpha value is -1.42. The summed E-state index contributed by atoms with van der Waals surface area (Å²) < 4.78 is 10.9. The molecule has 0 fully saturated rings. The van der Waals surface area contributed by atoms with E-state index in [1.54, 1.807) is 12.1 Å². The molecule has 0 spiro atoms. The molecule has 1 aromatic rings. The van der Waals surface area contributed by atoms with E-state index in [0.717, 1.165) is 0 Å². The fourth-order valence-electron chi connectivity index (χ4n) is 1.27. The largest absolute Gasteiger partial charge is 0.490 e. The molecule has 0 radical (unpaired) electrons. The number of hydrogen-bond donors (Lipinski definition) is 1. The zero-order valence-electron chi connectivity index (χ0n) is 9.37. The van der Waals surface area contributed by atoms with Gasteiger partial charge in [-0.15, -0.1) is 0 Å². The molecule has 16 heavy (non-hydrogen) atoms. The lowest BCUT2D eigenvalue weighted by Gasteiger charge is -2.12. The molecule has 0 saturated heterocycles. The zero-order chi connectivity index (χ0) is 12.0. The van der Waals surface area contributed by atoms with E-state index in [0.29, 0.717) is 35.3 Å². The van der Waals surface area contributed by atoms with E-state index < -0.39 is 0 Å². The zero-order valence-corrected chi connectivity index (χ0v) is 10.1. The van der Waals surface area contributed by atoms with Crippen LogP contribution in [0.5, 0.6) is 11.5 Å². The van der Waals surface area contributed by atoms with Gasteiger partial charge in [0.2, 0.25) is 0 Å². The fourth-order valence-corrected chi connectivity index (χ4v) is 1.47. The van der Waals surface area contributed by atoms with Crippen molar-refractivity contribution < 1.29 is 9.47 Å². The van der Waals surface area contributed by atoms with Crippen molar-refractivity contribution in [2.24, 2.45) is 10.9 Å². The van der Waals surface area contributed by atoms with Crippen LogP contribution in [0.25, 0.3) is 0 Å². The molecule has 1 rings (SSSR count). The number of hydrogen-bond acceptors (Lipinski definition) is 4. The molecule has 0 bridgehead atoms. The summed E-state index contributed by atoms with van der Waals surface area (Å²) in [5.74, 6) is 6.36. The Bertz CT molecular complexity index is 380. The highest BCUT2D eigenvalue weighted by Crippen LogP contribution is 2.32. The van der Waals surface area contributed by atoms with Crippen LogP contribution < -0.4 is 15.3 Å². The van der Waals surface area contributed by atoms with Crippen molar-refractivity contribution in [1.82, 2.24) is 0 Å². The molecule has 0 aliphatic heterocycles. The Morgan fingerprint density at radius 1 is 1.25 bits per heavy atom. The lowest BCUT2D eigenvalue weighted by atomic mass is 10.2. The second-order valence-corrected chi connectivity index (χ2v) is 3.37. The quantitative estimate of drug-likeness (QED) is 0.490. The molecular formula is C11H15ClN2O2. The Morgan fingerprint density at radius 3 is 2.31 bits per heavy atom. The van der Waals surface area contributed by atoms with E-state index in [-0.39, 0.29) is 0 Å². The average molecular weight is 243 g/mol. The van der Waals surface area contributed by atoms with Gasteiger partial charge in [0.1, 0.15) is 0 Å². The summed E-state index contributed by atoms with van der Waals surface area (Å²) in [6.07, 6.45) is 1.47. The average Bonchev–Trinajstić information content (AvgIpc) is 2.25. The number of benzene rings is 1. The highest BCUT2D eigenvalue weighted by molar-refractivity contribution is 6.33. The first-order valence-electron chi connectivity index (χ1n) is 5.05. The van der Waals surface area contributed by atoms with E-state index in [2.05, 4.69) is 5.10 Å². The first-order valence-corrected chi connectivity index (χ1v) is 5.43. The Kier molecular flexibility index (Phi) is 4.92. The normalized spacial score (nSPS) is 10.7. The molecule has 0 amide bonds. The SMILES string of the molecule is CCOc1cc(Cl)c(C=NN)cc1OCC. The maximum absolute atomic E-state index is 6.03. The summed E-state index contributed by atoms with van der Waals surface area (Å²) in [7, 11) is 0. The standard InChI is InChI=1S/C11H15ClN2O2/c1-3-15-10-5-8(7-14-13)9(12)6-11(10)16-4-2/h5-7H,3-4,13H2,1-2H3. The predicted molar refractivity (Wildman–Crippen MR) is 65.6 cm³/mol. The van der Waals surface area contributed by atoms with Gasteiger partial charge in [0.25, 0.3) is 0 Å². The lowest BCUT2D eigenvalue weighted by molar-refractivity contribution is 0.288. The molecule has 4 nitrogen and oxygen atoms in total. The summed E-state index contributed by atoms with van der Waals surface area (Å²) in [4.78, 5) is 0. The topological polar surface area (TPSA) is 56.8 Å². The van der Waals surface area contributed by atoms with Crippen molar-refractivity contribution in [2.75, 3.05) is 13.2 Å². The van der Waals surface area contributed by atoms with Gasteiger partial charge in [0.15, 0.2) is 11.5 Å². The van der Waals surface area contributed by atoms with Crippen LogP contribution in [0, 0.1) is 0 Å². The van der Waals surface area contributed by atoms with E-state index >= 15 is 0 Å². The monoisotopic (exact) mass is 242 g/mol. The van der Waals surface area contributed by atoms with Crippen LogP contribution in [0.15, 0.2) is 17.2 Å². The smallest absolute Gasteiger partial charge is 0.162 e. The minimum atomic E-state index is 0.529. The molecule has 0 aliphatic carbocycles. The van der Waals surface area contributed by atoms with Crippen molar-refractivity contribution in [3.63, 3.8) is 0 Å². The first kappa shape index (κ1) is 12.6. The third kappa shape index (κ3) is 3.03. The number of rotatable bonds is 5. The van der Waals surface area contributed by atoms with Gasteiger partial charge in [-0.25, -0.2) is 0 Å². The molecule has 88 valence electrons. The molecule has 0 atom stereocenters. The van der Waals surface area contributed by atoms with Gasteiger partial charge in [0.05, 0.1) is 24.5 Å². The maximum atomic E-state index is 6.03. The Morgan fingerprint density at radius 2 is 1.81 bits per heavy atom. The highest BCUT2D eigenvalue weighted by Gasteiger charge is 2.09. The van der Waals surface area contributed by atoms with Crippen molar-refractivity contribution >= 4 is 17.8 Å². The third-order valence-corrected chi connectivity index (χ3v) is 2.20. The summed E-state index contributed by atoms with van der Waals surface area (Å²) >= 11 is 6.03. The van der Waals surface area contributed by atoms with Gasteiger partial charge >= 0.3 is 0 Å². The molecule has 0 heterocycles. The summed E-state index contributed by atoms with van der Waals surface area (Å²) in [5, 5.41) is 3.97. The second kappa shape index (κ2) is 6.23. The number of nitrogens with zero attached hydrogens (tertiary/aromatic N) is 1. The van der Waals surface area contributed by atoms with Crippen LogP contribution in [0.2, 0.25) is 5.02 Å². The minimum Gasteiger partial charge on any atom is -0.490 e. The van der Waals surface area contributed by atoms with E-state index in [9.17, 15) is 0 Å². The summed E-state index contributed by atoms with van der Waals surface area (Å²) in [6.45, 7) is 4.92. The molecule has 0 saturated carbocycles. The van der Waals surface area contributed by atoms with Gasteiger partial charge < -0.3 is 15.3 Å². The number of ether oxygens (including phenoxy) is 2. The van der Waals surface area contributed by atoms with Crippen LogP contribution in [0.1, 0.15) is 19.4 Å². The minimum absolute atomic E-state index is 0.529. The second-order valence-electron chi connectivity index (χ2n) is 2.96. The van der Waals surface area contributed by atoms with E-state index in [1.165, 1.54) is 6.21 Å². The number of hydrazone groups is 1. The highest BCUT2D eigenvalue weighted by atomic mass is 35.5. The number of nitrogens with two attached hydrogens (primary N) is 1. The molecule has 5 heteroatoms. The number of halogens is 1. The van der Waals surface area contributed by atoms with Crippen molar-refractivity contribution in [2.45, 2.75) is 13.8 Å². The Balaban J connectivity index is 3.13. The van der Waals surface area contributed by atoms with Crippen LogP contribution in [-0.4, -0.2) is 19.4 Å². The van der Waals surface area contributed by atoms with Gasteiger partial charge in [-0.3, -0.25) is 0 Å². The van der Waals surface area contributed by atoms with Gasteiger partial charge in [-0.05, 0) is 19.9 Å². The van der Waals surface area contributed by atoms with Crippen LogP contribution in [-0.2, 0) is 0 Å². The summed E-state index contributed by atoms with van der Waals surface area (Å²) in [6, 6.07) is 3.46. The van der Waals surface area contributed by atoms with Crippen LogP contribution >= 0.6 is 11.6 Å². The summed E-state index contributed by atoms with van der Waals surface area (Å²) in [5.41, 5.74) is 0.705. The lowest BCUT2D eigenvalue weighted by Crippen LogP contribution is -2.00. The molecule has 0 aliphatic rings. The predicted octanol–water partition coefficient (Wildman–Crippen LogP) is 2.43. The molecule has 0 unspecified atom stereocenters. The van der Waals surface area contributed by atoms with E-state index in [4.69, 9.17) is 26.9 Å². The first-order chi connectivity index (χ1) is 7.72. The van der Waals surface area contributed by atoms with Crippen LogP contribution in [0.4, 0.5) is 0 Å². The third-order valence-electron chi connectivity index (χ3n) is 1.88. The molecular weight excluding hydrogens is 228 g/mol. The molecule has 2 N–H and O–H groups in total. The van der Waals surface area contributed by atoms with Crippen molar-refractivity contribution in [3.05, 3.63) is 22.7 Å². The van der Waals surface area contributed by atoms with Crippen LogP contribution in [0.3, 0.4) is 0 Å². The molecule has 1 aromatic carbocycles. The fraction of sp³-hybridized carbons (Fsp3) is 0.364. The van der Waals surface area contributed by atoms with E-state index in [1.807, 2.05) is 13.8 Å². The van der Waals surface area contributed by atoms with Crippen molar-refractivity contribution in [1.29, 1.82) is 0 Å². The Labute approximate surface area is 100.0 Å². The van der Waals surface area contributed by atoms with Gasteiger partial charge in [-0.1, -0.05) is 11.6 Å². The van der Waals surface area contributed by atoms with Crippen molar-refractivity contribution in [3.8, 4) is 11.5 Å². The van der Waals surface area contributed by atoms with Gasteiger partial charge in [0, 0.05) is 11.6 Å². The molecule has 0 aromatic heterocycles. The maximum Gasteiger partial charge on any atom is 0.162 e. The van der Waals surface area contributed by atoms with Gasteiger partial charge in [-0.2, -0.15) is 5.10 Å².